The number of aromatic nitrogens is 4. The van der Waals surface area contributed by atoms with Gasteiger partial charge in [0.05, 0.1) is 32.7 Å². The van der Waals surface area contributed by atoms with Gasteiger partial charge < -0.3 is 35.2 Å². The molecule has 1 aliphatic rings. The highest BCUT2D eigenvalue weighted by Gasteiger charge is 2.44. The zero-order valence-corrected chi connectivity index (χ0v) is 16.2. The van der Waals surface area contributed by atoms with Crippen LogP contribution in [0.2, 0.25) is 0 Å². The molecule has 0 saturated carbocycles. The number of rotatable bonds is 7. The summed E-state index contributed by atoms with van der Waals surface area (Å²) in [6.07, 6.45) is -1.60. The molecule has 1 saturated heterocycles. The second-order valence-electron chi connectivity index (χ2n) is 6.93. The van der Waals surface area contributed by atoms with Crippen molar-refractivity contribution in [3.05, 3.63) is 42.5 Å². The molecule has 4 rings (SSSR count). The molecule has 0 amide bonds. The van der Waals surface area contributed by atoms with Crippen LogP contribution in [0.4, 0.5) is 5.82 Å². The van der Waals surface area contributed by atoms with Crippen molar-refractivity contribution in [2.45, 2.75) is 30.6 Å². The fourth-order valence-electron chi connectivity index (χ4n) is 3.49. The molecule has 1 aliphatic heterocycles. The first-order chi connectivity index (χ1) is 14.6. The SMILES string of the molecule is COc1ccc([C@@H](CO)Nc2ncnc3c2ncn3[C@@H]2O[C@H](CO)C(O)[C@@H]2O)cc1. The Labute approximate surface area is 171 Å². The summed E-state index contributed by atoms with van der Waals surface area (Å²) in [6.45, 7) is -0.615. The van der Waals surface area contributed by atoms with Crippen LogP contribution in [0.3, 0.4) is 0 Å². The zero-order valence-electron chi connectivity index (χ0n) is 16.2. The van der Waals surface area contributed by atoms with Gasteiger partial charge in [-0.1, -0.05) is 12.1 Å². The minimum atomic E-state index is -1.25. The van der Waals surface area contributed by atoms with Crippen molar-refractivity contribution >= 4 is 17.0 Å². The maximum Gasteiger partial charge on any atom is 0.167 e. The van der Waals surface area contributed by atoms with Gasteiger partial charge >= 0.3 is 0 Å². The Kier molecular flexibility index (Phi) is 5.79. The van der Waals surface area contributed by atoms with Crippen LogP contribution in [-0.4, -0.2) is 78.6 Å². The number of hydrogen-bond donors (Lipinski definition) is 5. The maximum atomic E-state index is 10.3. The Morgan fingerprint density at radius 1 is 1.13 bits per heavy atom. The van der Waals surface area contributed by atoms with E-state index in [1.165, 1.54) is 17.2 Å². The van der Waals surface area contributed by atoms with Crippen LogP contribution in [0.25, 0.3) is 11.2 Å². The first-order valence-corrected chi connectivity index (χ1v) is 9.38. The molecule has 1 fully saturated rings. The van der Waals surface area contributed by atoms with Crippen molar-refractivity contribution in [1.82, 2.24) is 19.5 Å². The minimum absolute atomic E-state index is 0.187. The van der Waals surface area contributed by atoms with Crippen molar-refractivity contribution in [3.63, 3.8) is 0 Å². The molecule has 3 aromatic rings. The van der Waals surface area contributed by atoms with Gasteiger partial charge in [-0.05, 0) is 17.7 Å². The largest absolute Gasteiger partial charge is 0.497 e. The lowest BCUT2D eigenvalue weighted by Gasteiger charge is -2.18. The summed E-state index contributed by atoms with van der Waals surface area (Å²) in [7, 11) is 1.58. The molecule has 0 aliphatic carbocycles. The molecule has 1 unspecified atom stereocenters. The second-order valence-corrected chi connectivity index (χ2v) is 6.93. The van der Waals surface area contributed by atoms with Crippen LogP contribution in [0.15, 0.2) is 36.9 Å². The summed E-state index contributed by atoms with van der Waals surface area (Å²) in [5.74, 6) is 1.09. The topological polar surface area (TPSA) is 155 Å². The van der Waals surface area contributed by atoms with Gasteiger partial charge in [-0.3, -0.25) is 4.57 Å². The van der Waals surface area contributed by atoms with Crippen molar-refractivity contribution in [2.75, 3.05) is 25.6 Å². The molecule has 160 valence electrons. The minimum Gasteiger partial charge on any atom is -0.497 e. The Hall–Kier alpha value is -2.83. The molecule has 0 radical (unpaired) electrons. The first-order valence-electron chi connectivity index (χ1n) is 9.38. The van der Waals surface area contributed by atoms with Gasteiger partial charge in [0.2, 0.25) is 0 Å². The van der Waals surface area contributed by atoms with Crippen molar-refractivity contribution in [3.8, 4) is 5.75 Å². The number of aliphatic hydroxyl groups is 4. The number of fused-ring (bicyclic) bond motifs is 1. The summed E-state index contributed by atoms with van der Waals surface area (Å²) in [5, 5.41) is 42.6. The number of anilines is 1. The van der Waals surface area contributed by atoms with E-state index in [0.29, 0.717) is 22.7 Å². The summed E-state index contributed by atoms with van der Waals surface area (Å²) < 4.78 is 12.2. The Morgan fingerprint density at radius 2 is 1.90 bits per heavy atom. The van der Waals surface area contributed by atoms with Crippen molar-refractivity contribution in [1.29, 1.82) is 0 Å². The normalized spacial score (nSPS) is 24.8. The van der Waals surface area contributed by atoms with Gasteiger partial charge in [0.15, 0.2) is 23.2 Å². The van der Waals surface area contributed by atoms with E-state index < -0.39 is 37.2 Å². The van der Waals surface area contributed by atoms with E-state index in [0.717, 1.165) is 5.56 Å². The zero-order chi connectivity index (χ0) is 21.3. The van der Waals surface area contributed by atoms with E-state index in [1.807, 2.05) is 12.1 Å². The number of nitrogens with zero attached hydrogens (tertiary/aromatic N) is 4. The monoisotopic (exact) mass is 417 g/mol. The van der Waals surface area contributed by atoms with Crippen molar-refractivity contribution < 1.29 is 29.9 Å². The Morgan fingerprint density at radius 3 is 2.53 bits per heavy atom. The lowest BCUT2D eigenvalue weighted by Crippen LogP contribution is -2.33. The third kappa shape index (κ3) is 3.57. The van der Waals surface area contributed by atoms with Gasteiger partial charge in [0, 0.05) is 0 Å². The standard InChI is InChI=1S/C19H23N5O6/c1-29-11-4-2-10(3-5-11)12(6-25)23-17-14-18(21-8-20-17)24(9-22-14)19-16(28)15(27)13(7-26)30-19/h2-5,8-9,12-13,15-16,19,25-28H,6-7H2,1H3,(H,20,21,23)/t12-,13-,15?,16+,19-/m1/s1. The fourth-order valence-corrected chi connectivity index (χ4v) is 3.49. The Bertz CT molecular complexity index is 997. The molecule has 2 aromatic heterocycles. The number of hydrogen-bond acceptors (Lipinski definition) is 10. The molecular formula is C19H23N5O6. The Balaban J connectivity index is 1.63. The maximum absolute atomic E-state index is 10.3. The molecule has 1 aromatic carbocycles. The van der Waals surface area contributed by atoms with E-state index in [2.05, 4.69) is 20.3 Å². The number of methoxy groups -OCH3 is 1. The lowest BCUT2D eigenvalue weighted by molar-refractivity contribution is -0.0511. The van der Waals surface area contributed by atoms with E-state index >= 15 is 0 Å². The number of benzene rings is 1. The van der Waals surface area contributed by atoms with Crippen LogP contribution in [0.1, 0.15) is 17.8 Å². The molecule has 5 atom stereocenters. The summed E-state index contributed by atoms with van der Waals surface area (Å²) in [4.78, 5) is 12.8. The summed E-state index contributed by atoms with van der Waals surface area (Å²) in [5.41, 5.74) is 1.60. The van der Waals surface area contributed by atoms with E-state index in [9.17, 15) is 20.4 Å². The summed E-state index contributed by atoms with van der Waals surface area (Å²) >= 11 is 0. The molecule has 0 bridgehead atoms. The molecule has 30 heavy (non-hydrogen) atoms. The van der Waals surface area contributed by atoms with Gasteiger partial charge in [0.25, 0.3) is 0 Å². The summed E-state index contributed by atoms with van der Waals surface area (Å²) in [6, 6.07) is 6.82. The lowest BCUT2D eigenvalue weighted by atomic mass is 10.1. The highest BCUT2D eigenvalue weighted by molar-refractivity contribution is 5.83. The smallest absolute Gasteiger partial charge is 0.167 e. The van der Waals surface area contributed by atoms with E-state index in [4.69, 9.17) is 9.47 Å². The third-order valence-electron chi connectivity index (χ3n) is 5.16. The van der Waals surface area contributed by atoms with Crippen LogP contribution in [-0.2, 0) is 4.74 Å². The van der Waals surface area contributed by atoms with Gasteiger partial charge in [-0.15, -0.1) is 0 Å². The van der Waals surface area contributed by atoms with Crippen LogP contribution < -0.4 is 10.1 Å². The molecular weight excluding hydrogens is 394 g/mol. The van der Waals surface area contributed by atoms with Gasteiger partial charge in [-0.2, -0.15) is 0 Å². The van der Waals surface area contributed by atoms with E-state index in [-0.39, 0.29) is 6.61 Å². The van der Waals surface area contributed by atoms with Crippen LogP contribution >= 0.6 is 0 Å². The van der Waals surface area contributed by atoms with Crippen LogP contribution in [0.5, 0.6) is 5.75 Å². The highest BCUT2D eigenvalue weighted by Crippen LogP contribution is 2.32. The number of aliphatic hydroxyl groups excluding tert-OH is 4. The average Bonchev–Trinajstić information content (AvgIpc) is 3.33. The molecule has 11 nitrogen and oxygen atoms in total. The molecule has 3 heterocycles. The number of ether oxygens (including phenoxy) is 2. The van der Waals surface area contributed by atoms with E-state index in [1.54, 1.807) is 19.2 Å². The van der Waals surface area contributed by atoms with Gasteiger partial charge in [-0.25, -0.2) is 15.0 Å². The second kappa shape index (κ2) is 8.50. The van der Waals surface area contributed by atoms with Gasteiger partial charge in [0.1, 0.15) is 30.4 Å². The van der Waals surface area contributed by atoms with Crippen LogP contribution in [0, 0.1) is 0 Å². The third-order valence-corrected chi connectivity index (χ3v) is 5.16. The number of nitrogens with one attached hydrogen (secondary N) is 1. The predicted octanol–water partition coefficient (Wildman–Crippen LogP) is -0.408. The molecule has 0 spiro atoms. The quantitative estimate of drug-likeness (QED) is 0.343. The highest BCUT2D eigenvalue weighted by atomic mass is 16.6. The molecule has 11 heteroatoms. The average molecular weight is 417 g/mol. The molecule has 5 N–H and O–H groups in total. The number of imidazole rings is 1. The first kappa shape index (κ1) is 20.4. The fraction of sp³-hybridized carbons (Fsp3) is 0.421. The predicted molar refractivity (Wildman–Crippen MR) is 105 cm³/mol. The van der Waals surface area contributed by atoms with Crippen molar-refractivity contribution in [2.24, 2.45) is 0 Å².